The second-order valence-electron chi connectivity index (χ2n) is 5.31. The van der Waals surface area contributed by atoms with Crippen molar-refractivity contribution in [3.8, 4) is 0 Å². The van der Waals surface area contributed by atoms with Crippen LogP contribution in [0.2, 0.25) is 0 Å². The van der Waals surface area contributed by atoms with Crippen LogP contribution in [0.3, 0.4) is 0 Å². The number of aromatic nitrogens is 2. The lowest BCUT2D eigenvalue weighted by atomic mass is 10.1. The Hall–Kier alpha value is -2.40. The summed E-state index contributed by atoms with van der Waals surface area (Å²) in [6.07, 6.45) is 1.06. The van der Waals surface area contributed by atoms with Crippen molar-refractivity contribution in [3.05, 3.63) is 46.6 Å². The van der Waals surface area contributed by atoms with Crippen LogP contribution in [0, 0.1) is 0 Å². The SMILES string of the molecule is CCCNc1nc2cc3c(=O)c4ccccc4[nH]c3cc2s1. The summed E-state index contributed by atoms with van der Waals surface area (Å²) in [6.45, 7) is 3.03. The second-order valence-corrected chi connectivity index (χ2v) is 6.34. The van der Waals surface area contributed by atoms with Gasteiger partial charge in [0, 0.05) is 22.8 Å². The van der Waals surface area contributed by atoms with Crippen LogP contribution in [0.5, 0.6) is 0 Å². The number of pyridine rings is 1. The number of thiazole rings is 1. The third-order valence-corrected chi connectivity index (χ3v) is 4.72. The molecule has 22 heavy (non-hydrogen) atoms. The van der Waals surface area contributed by atoms with Crippen molar-refractivity contribution in [1.29, 1.82) is 0 Å². The molecule has 0 aliphatic carbocycles. The Kier molecular flexibility index (Phi) is 3.08. The average Bonchev–Trinajstić information content (AvgIpc) is 2.93. The van der Waals surface area contributed by atoms with Crippen LogP contribution in [-0.2, 0) is 0 Å². The molecule has 0 atom stereocenters. The van der Waals surface area contributed by atoms with Gasteiger partial charge in [0.1, 0.15) is 0 Å². The van der Waals surface area contributed by atoms with Crippen LogP contribution >= 0.6 is 11.3 Å². The molecule has 2 N–H and O–H groups in total. The van der Waals surface area contributed by atoms with E-state index in [-0.39, 0.29) is 5.43 Å². The molecular formula is C17H15N3OS. The Bertz CT molecular complexity index is 1050. The van der Waals surface area contributed by atoms with Crippen LogP contribution in [-0.4, -0.2) is 16.5 Å². The molecule has 4 nitrogen and oxygen atoms in total. The van der Waals surface area contributed by atoms with E-state index in [2.05, 4.69) is 22.2 Å². The molecule has 0 amide bonds. The monoisotopic (exact) mass is 309 g/mol. The normalized spacial score (nSPS) is 11.5. The van der Waals surface area contributed by atoms with Gasteiger partial charge in [-0.15, -0.1) is 0 Å². The van der Waals surface area contributed by atoms with E-state index in [4.69, 9.17) is 0 Å². The van der Waals surface area contributed by atoms with E-state index in [0.717, 1.165) is 39.3 Å². The summed E-state index contributed by atoms with van der Waals surface area (Å²) in [5.74, 6) is 0. The lowest BCUT2D eigenvalue weighted by Gasteiger charge is -2.02. The Morgan fingerprint density at radius 1 is 1.18 bits per heavy atom. The van der Waals surface area contributed by atoms with Crippen molar-refractivity contribution in [2.75, 3.05) is 11.9 Å². The number of benzene rings is 2. The van der Waals surface area contributed by atoms with E-state index >= 15 is 0 Å². The minimum absolute atomic E-state index is 0.0577. The number of nitrogens with one attached hydrogen (secondary N) is 2. The number of H-pyrrole nitrogens is 1. The Morgan fingerprint density at radius 3 is 2.91 bits per heavy atom. The molecule has 0 saturated carbocycles. The maximum atomic E-state index is 12.7. The Labute approximate surface area is 130 Å². The number of hydrogen-bond acceptors (Lipinski definition) is 4. The highest BCUT2D eigenvalue weighted by Gasteiger charge is 2.09. The first-order valence-corrected chi connectivity index (χ1v) is 8.17. The molecule has 4 aromatic rings. The predicted molar refractivity (Wildman–Crippen MR) is 94.0 cm³/mol. The third kappa shape index (κ3) is 2.05. The summed E-state index contributed by atoms with van der Waals surface area (Å²) in [5.41, 5.74) is 2.66. The first kappa shape index (κ1) is 13.3. The predicted octanol–water partition coefficient (Wildman–Crippen LogP) is 4.11. The van der Waals surface area contributed by atoms with Gasteiger partial charge < -0.3 is 10.3 Å². The maximum absolute atomic E-state index is 12.7. The van der Waals surface area contributed by atoms with Crippen molar-refractivity contribution in [1.82, 2.24) is 9.97 Å². The van der Waals surface area contributed by atoms with Gasteiger partial charge in [0.2, 0.25) is 0 Å². The van der Waals surface area contributed by atoms with Crippen molar-refractivity contribution in [2.45, 2.75) is 13.3 Å². The number of hydrogen-bond donors (Lipinski definition) is 2. The van der Waals surface area contributed by atoms with Gasteiger partial charge in [-0.2, -0.15) is 0 Å². The molecule has 0 fully saturated rings. The quantitative estimate of drug-likeness (QED) is 0.560. The number of rotatable bonds is 3. The van der Waals surface area contributed by atoms with Gasteiger partial charge in [0.15, 0.2) is 10.6 Å². The minimum Gasteiger partial charge on any atom is -0.361 e. The van der Waals surface area contributed by atoms with Crippen LogP contribution in [0.1, 0.15) is 13.3 Å². The molecule has 0 radical (unpaired) electrons. The zero-order valence-corrected chi connectivity index (χ0v) is 13.0. The van der Waals surface area contributed by atoms with E-state index < -0.39 is 0 Å². The zero-order chi connectivity index (χ0) is 15.1. The number of nitrogens with zero attached hydrogens (tertiary/aromatic N) is 1. The summed E-state index contributed by atoms with van der Waals surface area (Å²) >= 11 is 1.62. The fourth-order valence-electron chi connectivity index (χ4n) is 2.65. The van der Waals surface area contributed by atoms with Crippen molar-refractivity contribution in [2.24, 2.45) is 0 Å². The van der Waals surface area contributed by atoms with Crippen LogP contribution < -0.4 is 10.7 Å². The number of para-hydroxylation sites is 1. The molecule has 2 heterocycles. The first-order chi connectivity index (χ1) is 10.8. The van der Waals surface area contributed by atoms with Crippen molar-refractivity contribution in [3.63, 3.8) is 0 Å². The highest BCUT2D eigenvalue weighted by molar-refractivity contribution is 7.22. The molecule has 2 aromatic carbocycles. The fourth-order valence-corrected chi connectivity index (χ4v) is 3.57. The van der Waals surface area contributed by atoms with Crippen LogP contribution in [0.4, 0.5) is 5.13 Å². The van der Waals surface area contributed by atoms with Crippen molar-refractivity contribution < 1.29 is 0 Å². The summed E-state index contributed by atoms with van der Waals surface area (Å²) in [6, 6.07) is 11.5. The maximum Gasteiger partial charge on any atom is 0.197 e. The standard InChI is InChI=1S/C17H15N3OS/c1-2-7-18-17-20-14-8-11-13(9-15(14)22-17)19-12-6-4-3-5-10(12)16(11)21/h3-6,8-9H,2,7H2,1H3,(H,18,20)(H,19,21). The molecular weight excluding hydrogens is 294 g/mol. The van der Waals surface area contributed by atoms with Crippen LogP contribution in [0.15, 0.2) is 41.2 Å². The molecule has 110 valence electrons. The number of aromatic amines is 1. The van der Waals surface area contributed by atoms with E-state index in [9.17, 15) is 4.79 Å². The lowest BCUT2D eigenvalue weighted by molar-refractivity contribution is 0.977. The van der Waals surface area contributed by atoms with Gasteiger partial charge >= 0.3 is 0 Å². The molecule has 0 aliphatic heterocycles. The Balaban J connectivity index is 2.00. The highest BCUT2D eigenvalue weighted by Crippen LogP contribution is 2.29. The largest absolute Gasteiger partial charge is 0.361 e. The van der Waals surface area contributed by atoms with E-state index in [1.807, 2.05) is 36.4 Å². The summed E-state index contributed by atoms with van der Waals surface area (Å²) in [4.78, 5) is 20.6. The van der Waals surface area contributed by atoms with Gasteiger partial charge in [-0.1, -0.05) is 30.4 Å². The third-order valence-electron chi connectivity index (χ3n) is 3.74. The Morgan fingerprint density at radius 2 is 2.05 bits per heavy atom. The van der Waals surface area contributed by atoms with Gasteiger partial charge in [-0.25, -0.2) is 4.98 Å². The fraction of sp³-hybridized carbons (Fsp3) is 0.176. The first-order valence-electron chi connectivity index (χ1n) is 7.35. The van der Waals surface area contributed by atoms with Gasteiger partial charge in [0.25, 0.3) is 0 Å². The highest BCUT2D eigenvalue weighted by atomic mass is 32.1. The lowest BCUT2D eigenvalue weighted by Crippen LogP contribution is -2.03. The van der Waals surface area contributed by atoms with E-state index in [1.165, 1.54) is 0 Å². The molecule has 0 unspecified atom stereocenters. The van der Waals surface area contributed by atoms with Gasteiger partial charge in [-0.05, 0) is 30.7 Å². The number of anilines is 1. The average molecular weight is 309 g/mol. The number of fused-ring (bicyclic) bond motifs is 3. The van der Waals surface area contributed by atoms with Gasteiger partial charge in [-0.3, -0.25) is 4.79 Å². The summed E-state index contributed by atoms with van der Waals surface area (Å²) in [5, 5.41) is 5.62. The summed E-state index contributed by atoms with van der Waals surface area (Å²) in [7, 11) is 0. The van der Waals surface area contributed by atoms with E-state index in [1.54, 1.807) is 11.3 Å². The second kappa shape index (κ2) is 5.10. The molecule has 0 spiro atoms. The molecule has 2 aromatic heterocycles. The van der Waals surface area contributed by atoms with E-state index in [0.29, 0.717) is 10.8 Å². The molecule has 0 aliphatic rings. The smallest absolute Gasteiger partial charge is 0.197 e. The zero-order valence-electron chi connectivity index (χ0n) is 12.1. The molecule has 0 saturated heterocycles. The van der Waals surface area contributed by atoms with Gasteiger partial charge in [0.05, 0.1) is 15.7 Å². The van der Waals surface area contributed by atoms with Crippen LogP contribution in [0.25, 0.3) is 32.0 Å². The van der Waals surface area contributed by atoms with Crippen molar-refractivity contribution >= 4 is 48.5 Å². The molecule has 5 heteroatoms. The molecule has 4 rings (SSSR count). The molecule has 0 bridgehead atoms. The summed E-state index contributed by atoms with van der Waals surface area (Å²) < 4.78 is 1.08. The topological polar surface area (TPSA) is 57.8 Å². The minimum atomic E-state index is 0.0577.